The third-order valence-electron chi connectivity index (χ3n) is 0. The highest BCUT2D eigenvalue weighted by Crippen LogP contribution is 1.30. The molecule has 0 aliphatic heterocycles. The van der Waals surface area contributed by atoms with Crippen LogP contribution in [0.25, 0.3) is 0 Å². The summed E-state index contributed by atoms with van der Waals surface area (Å²) in [5, 5.41) is 14.9. The summed E-state index contributed by atoms with van der Waals surface area (Å²) in [5.41, 5.74) is 0. The van der Waals surface area contributed by atoms with E-state index < -0.39 is 0 Å². The van der Waals surface area contributed by atoms with E-state index >= 15 is 0 Å². The lowest BCUT2D eigenvalue weighted by atomic mass is 10.9. The minimum absolute atomic E-state index is 0. The van der Waals surface area contributed by atoms with Crippen molar-refractivity contribution in [3.8, 4) is 6.07 Å². The van der Waals surface area contributed by atoms with Gasteiger partial charge in [-0.25, -0.2) is 0 Å². The van der Waals surface area contributed by atoms with Gasteiger partial charge in [0.1, 0.15) is 0 Å². The second-order valence-corrected chi connectivity index (χ2v) is 0.540. The molecule has 0 aliphatic rings. The second kappa shape index (κ2) is 52.9. The summed E-state index contributed by atoms with van der Waals surface area (Å²) >= 11 is 0. The Morgan fingerprint density at radius 3 is 1.71 bits per heavy atom. The lowest BCUT2D eigenvalue weighted by Crippen LogP contribution is -1.57. The largest absolute Gasteiger partial charge is 0.412 e. The van der Waals surface area contributed by atoms with Crippen LogP contribution in [-0.2, 0) is 0 Å². The molecule has 3 N–H and O–H groups in total. The molecule has 0 bridgehead atoms. The number of hydrogen-bond donors (Lipinski definition) is 1. The van der Waals surface area contributed by atoms with E-state index in [1.165, 1.54) is 6.92 Å². The van der Waals surface area contributed by atoms with Crippen molar-refractivity contribution in [2.75, 3.05) is 6.61 Å². The number of rotatable bonds is 0. The quantitative estimate of drug-likeness (QED) is 0.459. The maximum absolute atomic E-state index is 7.57. The summed E-state index contributed by atoms with van der Waals surface area (Å²) in [6.07, 6.45) is 0. The van der Waals surface area contributed by atoms with E-state index in [4.69, 9.17) is 10.4 Å². The second-order valence-electron chi connectivity index (χ2n) is 0.540. The van der Waals surface area contributed by atoms with Crippen molar-refractivity contribution < 1.29 is 10.6 Å². The third kappa shape index (κ3) is 181. The summed E-state index contributed by atoms with van der Waals surface area (Å²) in [4.78, 5) is 0. The molecule has 0 saturated heterocycles. The van der Waals surface area contributed by atoms with E-state index in [2.05, 4.69) is 0 Å². The minimum Gasteiger partial charge on any atom is -0.412 e. The molecule has 0 aromatic heterocycles. The lowest BCUT2D eigenvalue weighted by Gasteiger charge is -1.52. The molecule has 0 aliphatic carbocycles. The Kier molecular flexibility index (Phi) is 122. The first-order valence-electron chi connectivity index (χ1n) is 1.75. The molecule has 0 fully saturated rings. The lowest BCUT2D eigenvalue weighted by molar-refractivity contribution is 0.318. The van der Waals surface area contributed by atoms with Gasteiger partial charge < -0.3 is 10.6 Å². The molecule has 0 heterocycles. The summed E-state index contributed by atoms with van der Waals surface area (Å²) < 4.78 is 0. The van der Waals surface area contributed by atoms with Gasteiger partial charge in [0.15, 0.2) is 0 Å². The predicted octanol–water partition coefficient (Wildman–Crippen LogP) is -0.296. The molecule has 0 atom stereocenters. The highest BCUT2D eigenvalue weighted by Gasteiger charge is 1.34. The highest BCUT2D eigenvalue weighted by molar-refractivity contribution is 4.51. The van der Waals surface area contributed by atoms with Gasteiger partial charge in [-0.3, -0.25) is 0 Å². The van der Waals surface area contributed by atoms with Crippen molar-refractivity contribution in [3.63, 3.8) is 0 Å². The zero-order chi connectivity index (χ0) is 5.41. The minimum atomic E-state index is 0. The molecular weight excluding hydrogens is 94.0 g/mol. The Balaban J connectivity index is -0.0000000400. The standard InChI is InChI=1S/C2H3N.C2H6O.H2O/c2*1-2-3;/h1H3;3H,2H2,1H3;1H2. The van der Waals surface area contributed by atoms with Crippen LogP contribution in [0, 0.1) is 11.3 Å². The van der Waals surface area contributed by atoms with Crippen molar-refractivity contribution in [3.05, 3.63) is 0 Å². The van der Waals surface area contributed by atoms with E-state index in [1.807, 2.05) is 0 Å². The number of aliphatic hydroxyl groups is 1. The van der Waals surface area contributed by atoms with Crippen molar-refractivity contribution in [2.45, 2.75) is 13.8 Å². The molecule has 0 spiro atoms. The van der Waals surface area contributed by atoms with Gasteiger partial charge in [-0.1, -0.05) is 0 Å². The van der Waals surface area contributed by atoms with Crippen molar-refractivity contribution in [1.82, 2.24) is 0 Å². The summed E-state index contributed by atoms with van der Waals surface area (Å²) in [6, 6.07) is 1.75. The zero-order valence-electron chi connectivity index (χ0n) is 4.60. The normalized spacial score (nSPS) is 3.71. The molecule has 0 amide bonds. The number of hydrogen-bond acceptors (Lipinski definition) is 2. The molecule has 3 nitrogen and oxygen atoms in total. The van der Waals surface area contributed by atoms with Gasteiger partial charge >= 0.3 is 0 Å². The van der Waals surface area contributed by atoms with Gasteiger partial charge in [-0.2, -0.15) is 5.26 Å². The molecule has 0 radical (unpaired) electrons. The van der Waals surface area contributed by atoms with E-state index in [0.717, 1.165) is 0 Å². The predicted molar refractivity (Wildman–Crippen MR) is 27.7 cm³/mol. The Morgan fingerprint density at radius 2 is 1.71 bits per heavy atom. The first kappa shape index (κ1) is 16.1. The molecule has 7 heavy (non-hydrogen) atoms. The van der Waals surface area contributed by atoms with Gasteiger partial charge in [-0.05, 0) is 6.92 Å². The van der Waals surface area contributed by atoms with Crippen LogP contribution in [-0.4, -0.2) is 17.2 Å². The van der Waals surface area contributed by atoms with Crippen molar-refractivity contribution >= 4 is 0 Å². The third-order valence-corrected chi connectivity index (χ3v) is 0. The Labute approximate surface area is 43.5 Å². The van der Waals surface area contributed by atoms with E-state index in [1.54, 1.807) is 13.0 Å². The van der Waals surface area contributed by atoms with Crippen molar-refractivity contribution in [1.29, 1.82) is 5.26 Å². The Hall–Kier alpha value is -0.590. The average molecular weight is 105 g/mol. The van der Waals surface area contributed by atoms with Crippen LogP contribution in [0.15, 0.2) is 0 Å². The first-order chi connectivity index (χ1) is 2.83. The smallest absolute Gasteiger partial charge is 0.0587 e. The Morgan fingerprint density at radius 1 is 1.71 bits per heavy atom. The summed E-state index contributed by atoms with van der Waals surface area (Å²) in [5.74, 6) is 0. The molecule has 3 heteroatoms. The maximum Gasteiger partial charge on any atom is 0.0587 e. The summed E-state index contributed by atoms with van der Waals surface area (Å²) in [7, 11) is 0. The number of nitriles is 1. The van der Waals surface area contributed by atoms with E-state index in [9.17, 15) is 0 Å². The van der Waals surface area contributed by atoms with Gasteiger partial charge in [0.05, 0.1) is 6.07 Å². The SMILES string of the molecule is CC#N.CCO.O. The van der Waals surface area contributed by atoms with Crippen molar-refractivity contribution in [2.24, 2.45) is 0 Å². The van der Waals surface area contributed by atoms with E-state index in [0.29, 0.717) is 0 Å². The van der Waals surface area contributed by atoms with Crippen LogP contribution >= 0.6 is 0 Å². The molecule has 0 saturated carbocycles. The number of nitrogens with zero attached hydrogens (tertiary/aromatic N) is 1. The fourth-order valence-electron chi connectivity index (χ4n) is 0. The topological polar surface area (TPSA) is 75.5 Å². The maximum atomic E-state index is 7.57. The molecule has 0 unspecified atom stereocenters. The zero-order valence-corrected chi connectivity index (χ0v) is 4.60. The fraction of sp³-hybridized carbons (Fsp3) is 0.750. The van der Waals surface area contributed by atoms with Gasteiger partial charge in [-0.15, -0.1) is 0 Å². The van der Waals surface area contributed by atoms with Crippen LogP contribution in [0.5, 0.6) is 0 Å². The van der Waals surface area contributed by atoms with E-state index in [-0.39, 0.29) is 12.1 Å². The molecule has 0 rings (SSSR count). The molecule has 44 valence electrons. The van der Waals surface area contributed by atoms with Crippen LogP contribution in [0.1, 0.15) is 13.8 Å². The number of aliphatic hydroxyl groups excluding tert-OH is 1. The van der Waals surface area contributed by atoms with Crippen LogP contribution in [0.4, 0.5) is 0 Å². The van der Waals surface area contributed by atoms with Crippen LogP contribution in [0.2, 0.25) is 0 Å². The van der Waals surface area contributed by atoms with Gasteiger partial charge in [0.25, 0.3) is 0 Å². The molecule has 0 aromatic rings. The van der Waals surface area contributed by atoms with Gasteiger partial charge in [0, 0.05) is 13.5 Å². The van der Waals surface area contributed by atoms with Crippen LogP contribution in [0.3, 0.4) is 0 Å². The van der Waals surface area contributed by atoms with Gasteiger partial charge in [0.2, 0.25) is 0 Å². The Bertz CT molecular complexity index is 39.4. The highest BCUT2D eigenvalue weighted by atomic mass is 16.2. The molecular formula is C4H11NO2. The van der Waals surface area contributed by atoms with Crippen LogP contribution < -0.4 is 0 Å². The molecule has 0 aromatic carbocycles. The summed E-state index contributed by atoms with van der Waals surface area (Å²) in [6.45, 7) is 3.36. The monoisotopic (exact) mass is 105 g/mol. The first-order valence-corrected chi connectivity index (χ1v) is 1.75. The fourth-order valence-corrected chi connectivity index (χ4v) is 0. The average Bonchev–Trinajstić information content (AvgIpc) is 1.39.